The number of aromatic nitrogens is 2. The van der Waals surface area contributed by atoms with Gasteiger partial charge in [0, 0.05) is 16.9 Å². The van der Waals surface area contributed by atoms with Gasteiger partial charge in [0.1, 0.15) is 11.5 Å². The molecule has 1 aromatic carbocycles. The van der Waals surface area contributed by atoms with Crippen LogP contribution >= 0.6 is 0 Å². The van der Waals surface area contributed by atoms with Crippen LogP contribution in [-0.2, 0) is 6.42 Å². The number of guanidine groups is 1. The number of aryl methyl sites for hydroxylation is 1. The molecule has 2 aromatic heterocycles. The summed E-state index contributed by atoms with van der Waals surface area (Å²) in [7, 11) is 1.62. The van der Waals surface area contributed by atoms with E-state index in [1.807, 2.05) is 38.1 Å². The molecule has 28 heavy (non-hydrogen) atoms. The molecular weight excluding hydrogens is 358 g/mol. The van der Waals surface area contributed by atoms with Crippen molar-refractivity contribution in [2.75, 3.05) is 17.7 Å². The Morgan fingerprint density at radius 1 is 1.29 bits per heavy atom. The summed E-state index contributed by atoms with van der Waals surface area (Å²) in [4.78, 5) is 22.3. The zero-order valence-corrected chi connectivity index (χ0v) is 15.9. The van der Waals surface area contributed by atoms with Crippen LogP contribution in [0.15, 0.2) is 56.9 Å². The predicted octanol–water partition coefficient (Wildman–Crippen LogP) is 3.16. The highest BCUT2D eigenvalue weighted by Gasteiger charge is 2.28. The summed E-state index contributed by atoms with van der Waals surface area (Å²) in [6, 6.07) is 11.0. The van der Waals surface area contributed by atoms with Gasteiger partial charge in [0.15, 0.2) is 6.17 Å². The van der Waals surface area contributed by atoms with Gasteiger partial charge in [-0.15, -0.1) is 0 Å². The minimum atomic E-state index is -0.641. The Labute approximate surface area is 161 Å². The molecule has 3 heterocycles. The number of fused-ring (bicyclic) bond motifs is 1. The number of methoxy groups -OCH3 is 1. The second-order valence-electron chi connectivity index (χ2n) is 6.37. The summed E-state index contributed by atoms with van der Waals surface area (Å²) < 4.78 is 12.3. The van der Waals surface area contributed by atoms with Gasteiger partial charge in [0.05, 0.1) is 13.4 Å². The molecule has 0 radical (unpaired) electrons. The summed E-state index contributed by atoms with van der Waals surface area (Å²) in [5, 5.41) is 6.34. The van der Waals surface area contributed by atoms with Crippen molar-refractivity contribution in [3.63, 3.8) is 0 Å². The van der Waals surface area contributed by atoms with Crippen molar-refractivity contribution < 1.29 is 9.15 Å². The quantitative estimate of drug-likeness (QED) is 0.723. The van der Waals surface area contributed by atoms with Gasteiger partial charge < -0.3 is 14.5 Å². The minimum absolute atomic E-state index is 0.119. The molecule has 1 atom stereocenters. The molecule has 144 valence electrons. The fraction of sp³-hybridized carbons (Fsp3) is 0.250. The van der Waals surface area contributed by atoms with Gasteiger partial charge in [-0.2, -0.15) is 0 Å². The van der Waals surface area contributed by atoms with E-state index in [-0.39, 0.29) is 5.56 Å². The maximum absolute atomic E-state index is 13.0. The number of hydrogen-bond acceptors (Lipinski definition) is 7. The zero-order valence-electron chi connectivity index (χ0n) is 15.9. The number of furan rings is 1. The van der Waals surface area contributed by atoms with Crippen molar-refractivity contribution in [2.45, 2.75) is 26.4 Å². The fourth-order valence-electron chi connectivity index (χ4n) is 3.22. The topological polar surface area (TPSA) is 93.7 Å². The molecule has 0 saturated heterocycles. The van der Waals surface area contributed by atoms with Gasteiger partial charge in [-0.1, -0.05) is 6.92 Å². The summed E-state index contributed by atoms with van der Waals surface area (Å²) in [5.41, 5.74) is 2.08. The molecule has 0 spiro atoms. The molecule has 0 unspecified atom stereocenters. The van der Waals surface area contributed by atoms with Crippen molar-refractivity contribution in [2.24, 2.45) is 4.99 Å². The molecule has 3 aromatic rings. The third-order valence-electron chi connectivity index (χ3n) is 4.65. The fourth-order valence-corrected chi connectivity index (χ4v) is 3.22. The first-order valence-corrected chi connectivity index (χ1v) is 9.02. The molecule has 0 amide bonds. The summed E-state index contributed by atoms with van der Waals surface area (Å²) >= 11 is 0. The van der Waals surface area contributed by atoms with Crippen LogP contribution in [0.1, 0.15) is 30.1 Å². The number of benzene rings is 1. The van der Waals surface area contributed by atoms with Crippen molar-refractivity contribution in [1.82, 2.24) is 9.55 Å². The number of rotatable bonds is 4. The maximum atomic E-state index is 13.0. The third-order valence-corrected chi connectivity index (χ3v) is 4.65. The average Bonchev–Trinajstić information content (AvgIpc) is 3.23. The van der Waals surface area contributed by atoms with Crippen molar-refractivity contribution in [3.8, 4) is 5.75 Å². The summed E-state index contributed by atoms with van der Waals surface area (Å²) in [5.74, 6) is 2.22. The molecule has 0 saturated carbocycles. The van der Waals surface area contributed by atoms with E-state index >= 15 is 0 Å². The van der Waals surface area contributed by atoms with E-state index in [1.54, 1.807) is 25.5 Å². The van der Waals surface area contributed by atoms with Gasteiger partial charge in [-0.25, -0.2) is 14.5 Å². The van der Waals surface area contributed by atoms with Crippen molar-refractivity contribution >= 4 is 17.6 Å². The molecule has 8 heteroatoms. The predicted molar refractivity (Wildman–Crippen MR) is 107 cm³/mol. The van der Waals surface area contributed by atoms with E-state index in [0.29, 0.717) is 35.3 Å². The molecule has 4 rings (SSSR count). The van der Waals surface area contributed by atoms with Gasteiger partial charge in [0.25, 0.3) is 5.56 Å². The first-order chi connectivity index (χ1) is 13.6. The van der Waals surface area contributed by atoms with Crippen LogP contribution < -0.4 is 20.9 Å². The monoisotopic (exact) mass is 379 g/mol. The Morgan fingerprint density at radius 2 is 2.07 bits per heavy atom. The average molecular weight is 379 g/mol. The SMILES string of the molecule is CCc1c(C)nc2n(c1=O)[C@H](c1ccco1)N=C(Nc1ccc(OC)cc1)N2. The highest BCUT2D eigenvalue weighted by Crippen LogP contribution is 2.27. The van der Waals surface area contributed by atoms with E-state index in [9.17, 15) is 4.79 Å². The molecule has 0 aliphatic carbocycles. The molecule has 0 bridgehead atoms. The Morgan fingerprint density at radius 3 is 2.71 bits per heavy atom. The first kappa shape index (κ1) is 17.8. The van der Waals surface area contributed by atoms with E-state index in [2.05, 4.69) is 20.6 Å². The Bertz CT molecular complexity index is 1070. The van der Waals surface area contributed by atoms with Gasteiger partial charge in [-0.05, 0) is 49.7 Å². The van der Waals surface area contributed by atoms with Crippen molar-refractivity contribution in [1.29, 1.82) is 0 Å². The van der Waals surface area contributed by atoms with Crippen LogP contribution in [0, 0.1) is 6.92 Å². The van der Waals surface area contributed by atoms with Gasteiger partial charge >= 0.3 is 0 Å². The number of nitrogens with zero attached hydrogens (tertiary/aromatic N) is 3. The Balaban J connectivity index is 1.76. The van der Waals surface area contributed by atoms with E-state index in [4.69, 9.17) is 9.15 Å². The highest BCUT2D eigenvalue weighted by molar-refractivity contribution is 6.03. The number of anilines is 2. The van der Waals surface area contributed by atoms with E-state index in [1.165, 1.54) is 4.57 Å². The standard InChI is InChI=1S/C20H21N5O3/c1-4-15-12(2)21-20-24-19(22-13-7-9-14(27-3)10-8-13)23-17(25(20)18(15)26)16-6-5-11-28-16/h5-11,17H,4H2,1-3H3,(H2,21,22,23,24)/t17-/m1/s1. The summed E-state index contributed by atoms with van der Waals surface area (Å²) in [6.07, 6.45) is 1.53. The highest BCUT2D eigenvalue weighted by atomic mass is 16.5. The summed E-state index contributed by atoms with van der Waals surface area (Å²) in [6.45, 7) is 3.78. The van der Waals surface area contributed by atoms with Crippen LogP contribution in [0.2, 0.25) is 0 Å². The number of hydrogen-bond donors (Lipinski definition) is 2. The second kappa shape index (κ2) is 7.22. The van der Waals surface area contributed by atoms with Crippen LogP contribution in [0.4, 0.5) is 11.6 Å². The van der Waals surface area contributed by atoms with Crippen LogP contribution in [0.25, 0.3) is 0 Å². The molecule has 2 N–H and O–H groups in total. The molecular formula is C20H21N5O3. The second-order valence-corrected chi connectivity index (χ2v) is 6.37. The Kier molecular flexibility index (Phi) is 4.60. The lowest BCUT2D eigenvalue weighted by molar-refractivity contribution is 0.415. The Hall–Kier alpha value is -3.55. The largest absolute Gasteiger partial charge is 0.497 e. The maximum Gasteiger partial charge on any atom is 0.260 e. The number of aliphatic imine (C=N–C) groups is 1. The van der Waals surface area contributed by atoms with Crippen molar-refractivity contribution in [3.05, 3.63) is 70.0 Å². The van der Waals surface area contributed by atoms with Gasteiger partial charge in [0.2, 0.25) is 11.9 Å². The van der Waals surface area contributed by atoms with Crippen LogP contribution in [-0.4, -0.2) is 22.6 Å². The minimum Gasteiger partial charge on any atom is -0.497 e. The first-order valence-electron chi connectivity index (χ1n) is 9.02. The molecule has 1 aliphatic heterocycles. The van der Waals surface area contributed by atoms with Crippen LogP contribution in [0.5, 0.6) is 5.75 Å². The number of ether oxygens (including phenoxy) is 1. The normalized spacial score (nSPS) is 15.4. The smallest absolute Gasteiger partial charge is 0.260 e. The zero-order chi connectivity index (χ0) is 19.7. The molecule has 0 fully saturated rings. The number of nitrogens with one attached hydrogen (secondary N) is 2. The lowest BCUT2D eigenvalue weighted by Gasteiger charge is -2.26. The third kappa shape index (κ3) is 3.13. The molecule has 8 nitrogen and oxygen atoms in total. The van der Waals surface area contributed by atoms with E-state index < -0.39 is 6.17 Å². The van der Waals surface area contributed by atoms with E-state index in [0.717, 1.165) is 11.4 Å². The van der Waals surface area contributed by atoms with Crippen LogP contribution in [0.3, 0.4) is 0 Å². The lowest BCUT2D eigenvalue weighted by Crippen LogP contribution is -2.39. The molecule has 1 aliphatic rings. The van der Waals surface area contributed by atoms with Gasteiger partial charge in [-0.3, -0.25) is 10.1 Å². The lowest BCUT2D eigenvalue weighted by atomic mass is 10.2.